The molecular formula is C20H20N2O3. The number of ether oxygens (including phenoxy) is 1. The van der Waals surface area contributed by atoms with Crippen molar-refractivity contribution in [2.75, 3.05) is 13.1 Å². The molecular weight excluding hydrogens is 316 g/mol. The Balaban J connectivity index is 1.72. The van der Waals surface area contributed by atoms with E-state index in [0.717, 1.165) is 6.42 Å². The summed E-state index contributed by atoms with van der Waals surface area (Å²) in [5, 5.41) is 18.8. The Morgan fingerprint density at radius 3 is 2.68 bits per heavy atom. The number of carbonyl (C=O) groups excluding carboxylic acids is 1. The van der Waals surface area contributed by atoms with Gasteiger partial charge in [-0.05, 0) is 54.8 Å². The van der Waals surface area contributed by atoms with Gasteiger partial charge in [0.15, 0.2) is 0 Å². The third kappa shape index (κ3) is 3.98. The van der Waals surface area contributed by atoms with E-state index in [9.17, 15) is 9.90 Å². The molecule has 0 radical (unpaired) electrons. The molecule has 1 saturated heterocycles. The maximum absolute atomic E-state index is 12.7. The van der Waals surface area contributed by atoms with Crippen LogP contribution in [0.1, 0.15) is 29.3 Å². The second kappa shape index (κ2) is 7.37. The van der Waals surface area contributed by atoms with Gasteiger partial charge in [0.1, 0.15) is 11.5 Å². The molecule has 1 fully saturated rings. The van der Waals surface area contributed by atoms with Crippen LogP contribution in [0.15, 0.2) is 48.5 Å². The van der Waals surface area contributed by atoms with Crippen molar-refractivity contribution in [1.29, 1.82) is 5.26 Å². The third-order valence-corrected chi connectivity index (χ3v) is 4.51. The van der Waals surface area contributed by atoms with Gasteiger partial charge in [0.2, 0.25) is 0 Å². The number of β-amino-alcohol motifs (C(OH)–C–C–N with tert-alkyl or cyclic N) is 1. The van der Waals surface area contributed by atoms with Crippen molar-refractivity contribution < 1.29 is 14.6 Å². The first-order valence-electron chi connectivity index (χ1n) is 8.32. The summed E-state index contributed by atoms with van der Waals surface area (Å²) in [6.45, 7) is 3.01. The van der Waals surface area contributed by atoms with Crippen molar-refractivity contribution in [2.24, 2.45) is 5.92 Å². The summed E-state index contributed by atoms with van der Waals surface area (Å²) in [7, 11) is 0. The minimum atomic E-state index is -0.476. The van der Waals surface area contributed by atoms with Crippen LogP contribution in [0.3, 0.4) is 0 Å². The zero-order valence-electron chi connectivity index (χ0n) is 14.1. The summed E-state index contributed by atoms with van der Waals surface area (Å²) in [6, 6.07) is 15.9. The fraction of sp³-hybridized carbons (Fsp3) is 0.300. The number of aliphatic hydroxyl groups excluding tert-OH is 1. The number of benzene rings is 2. The first-order valence-corrected chi connectivity index (χ1v) is 8.32. The Morgan fingerprint density at radius 1 is 1.24 bits per heavy atom. The number of carbonyl (C=O) groups is 1. The molecule has 0 bridgehead atoms. The van der Waals surface area contributed by atoms with E-state index in [4.69, 9.17) is 10.00 Å². The fourth-order valence-electron chi connectivity index (χ4n) is 2.84. The summed E-state index contributed by atoms with van der Waals surface area (Å²) in [4.78, 5) is 14.3. The number of nitriles is 1. The largest absolute Gasteiger partial charge is 0.457 e. The molecule has 1 aliphatic heterocycles. The smallest absolute Gasteiger partial charge is 0.254 e. The van der Waals surface area contributed by atoms with E-state index in [0.29, 0.717) is 35.7 Å². The molecule has 128 valence electrons. The lowest BCUT2D eigenvalue weighted by Gasteiger charge is -2.34. The molecule has 0 spiro atoms. The van der Waals surface area contributed by atoms with Crippen molar-refractivity contribution in [2.45, 2.75) is 19.4 Å². The van der Waals surface area contributed by atoms with E-state index >= 15 is 0 Å². The van der Waals surface area contributed by atoms with E-state index < -0.39 is 6.10 Å². The van der Waals surface area contributed by atoms with Crippen LogP contribution in [0.4, 0.5) is 0 Å². The lowest BCUT2D eigenvalue weighted by Crippen LogP contribution is -2.45. The van der Waals surface area contributed by atoms with E-state index in [1.165, 1.54) is 0 Å². The second-order valence-electron chi connectivity index (χ2n) is 6.35. The van der Waals surface area contributed by atoms with Gasteiger partial charge >= 0.3 is 0 Å². The van der Waals surface area contributed by atoms with Crippen molar-refractivity contribution in [3.8, 4) is 17.6 Å². The molecule has 25 heavy (non-hydrogen) atoms. The molecule has 5 heteroatoms. The maximum Gasteiger partial charge on any atom is 0.254 e. The van der Waals surface area contributed by atoms with Gasteiger partial charge in [0.05, 0.1) is 17.7 Å². The Bertz CT molecular complexity index is 795. The number of hydrogen-bond acceptors (Lipinski definition) is 4. The van der Waals surface area contributed by atoms with Crippen LogP contribution in [-0.2, 0) is 0 Å². The lowest BCUT2D eigenvalue weighted by molar-refractivity contribution is 0.0248. The maximum atomic E-state index is 12.7. The van der Waals surface area contributed by atoms with Gasteiger partial charge in [0.25, 0.3) is 5.91 Å². The molecule has 1 N–H and O–H groups in total. The second-order valence-corrected chi connectivity index (χ2v) is 6.35. The molecule has 1 heterocycles. The minimum absolute atomic E-state index is 0.101. The Hall–Kier alpha value is -2.84. The quantitative estimate of drug-likeness (QED) is 0.934. The molecule has 0 saturated carbocycles. The minimum Gasteiger partial charge on any atom is -0.457 e. The Kier molecular flexibility index (Phi) is 5.01. The number of hydrogen-bond donors (Lipinski definition) is 1. The van der Waals surface area contributed by atoms with Crippen LogP contribution in [0.25, 0.3) is 0 Å². The van der Waals surface area contributed by atoms with Gasteiger partial charge in [-0.15, -0.1) is 0 Å². The summed E-state index contributed by atoms with van der Waals surface area (Å²) in [5.74, 6) is 1.28. The van der Waals surface area contributed by atoms with Crippen molar-refractivity contribution in [3.05, 3.63) is 59.7 Å². The molecule has 5 nitrogen and oxygen atoms in total. The van der Waals surface area contributed by atoms with Crippen LogP contribution >= 0.6 is 0 Å². The number of piperidine rings is 1. The third-order valence-electron chi connectivity index (χ3n) is 4.51. The summed E-state index contributed by atoms with van der Waals surface area (Å²) in [6.07, 6.45) is 0.324. The number of likely N-dealkylation sites (tertiary alicyclic amines) is 1. The number of aliphatic hydroxyl groups is 1. The molecule has 2 unspecified atom stereocenters. The van der Waals surface area contributed by atoms with Crippen molar-refractivity contribution >= 4 is 5.91 Å². The highest BCUT2D eigenvalue weighted by Crippen LogP contribution is 2.24. The summed E-state index contributed by atoms with van der Waals surface area (Å²) >= 11 is 0. The highest BCUT2D eigenvalue weighted by molar-refractivity contribution is 5.94. The molecule has 1 amide bonds. The number of rotatable bonds is 3. The molecule has 3 rings (SSSR count). The first kappa shape index (κ1) is 17.0. The number of amides is 1. The van der Waals surface area contributed by atoms with Gasteiger partial charge in [-0.2, -0.15) is 5.26 Å². The zero-order chi connectivity index (χ0) is 17.8. The monoisotopic (exact) mass is 336 g/mol. The van der Waals surface area contributed by atoms with Crippen molar-refractivity contribution in [1.82, 2.24) is 4.90 Å². The van der Waals surface area contributed by atoms with Gasteiger partial charge in [-0.25, -0.2) is 0 Å². The Labute approximate surface area is 147 Å². The van der Waals surface area contributed by atoms with Crippen LogP contribution < -0.4 is 4.74 Å². The molecule has 2 atom stereocenters. The van der Waals surface area contributed by atoms with Crippen LogP contribution in [-0.4, -0.2) is 35.1 Å². The average Bonchev–Trinajstić information content (AvgIpc) is 2.64. The topological polar surface area (TPSA) is 73.6 Å². The zero-order valence-corrected chi connectivity index (χ0v) is 14.1. The SMILES string of the molecule is CC1CCN(C(=O)c2cccc(Oc3ccc(C#N)cc3)c2)CC1O. The predicted octanol–water partition coefficient (Wildman–Crippen LogP) is 3.19. The van der Waals surface area contributed by atoms with Crippen LogP contribution in [0, 0.1) is 17.2 Å². The lowest BCUT2D eigenvalue weighted by atomic mass is 9.95. The summed E-state index contributed by atoms with van der Waals surface area (Å²) in [5.41, 5.74) is 1.10. The van der Waals surface area contributed by atoms with E-state index in [1.54, 1.807) is 53.4 Å². The molecule has 2 aromatic carbocycles. The van der Waals surface area contributed by atoms with Gasteiger partial charge in [-0.3, -0.25) is 4.79 Å². The highest BCUT2D eigenvalue weighted by Gasteiger charge is 2.27. The average molecular weight is 336 g/mol. The van der Waals surface area contributed by atoms with E-state index in [2.05, 4.69) is 6.07 Å². The van der Waals surface area contributed by atoms with E-state index in [-0.39, 0.29) is 11.8 Å². The van der Waals surface area contributed by atoms with E-state index in [1.807, 2.05) is 6.92 Å². The normalized spacial score (nSPS) is 20.0. The predicted molar refractivity (Wildman–Crippen MR) is 93.4 cm³/mol. The van der Waals surface area contributed by atoms with Gasteiger partial charge in [-0.1, -0.05) is 13.0 Å². The standard InChI is InChI=1S/C20H20N2O3/c1-14-9-10-22(13-19(14)23)20(24)16-3-2-4-18(11-16)25-17-7-5-15(12-21)6-8-17/h2-8,11,14,19,23H,9-10,13H2,1H3. The van der Waals surface area contributed by atoms with Crippen LogP contribution in [0.2, 0.25) is 0 Å². The van der Waals surface area contributed by atoms with Gasteiger partial charge < -0.3 is 14.7 Å². The number of nitrogens with zero attached hydrogens (tertiary/aromatic N) is 2. The molecule has 1 aliphatic rings. The highest BCUT2D eigenvalue weighted by atomic mass is 16.5. The van der Waals surface area contributed by atoms with Crippen molar-refractivity contribution in [3.63, 3.8) is 0 Å². The molecule has 0 aromatic heterocycles. The first-order chi connectivity index (χ1) is 12.1. The summed E-state index contributed by atoms with van der Waals surface area (Å²) < 4.78 is 5.76. The Morgan fingerprint density at radius 2 is 2.00 bits per heavy atom. The van der Waals surface area contributed by atoms with Crippen LogP contribution in [0.5, 0.6) is 11.5 Å². The molecule has 2 aromatic rings. The molecule has 0 aliphatic carbocycles. The van der Waals surface area contributed by atoms with Gasteiger partial charge in [0, 0.05) is 18.7 Å². The fourth-order valence-corrected chi connectivity index (χ4v) is 2.84.